The summed E-state index contributed by atoms with van der Waals surface area (Å²) in [4.78, 5) is 14.5. The minimum Gasteiger partial charge on any atom is -0.321 e. The number of pyridine rings is 1. The summed E-state index contributed by atoms with van der Waals surface area (Å²) in [7, 11) is 0. The van der Waals surface area contributed by atoms with E-state index < -0.39 is 0 Å². The number of thiophene rings is 1. The molecular formula is C12H6N2OS. The molecular weight excluding hydrogens is 220 g/mol. The van der Waals surface area contributed by atoms with Gasteiger partial charge in [-0.15, -0.1) is 11.3 Å². The van der Waals surface area contributed by atoms with Gasteiger partial charge in [-0.05, 0) is 23.6 Å². The lowest BCUT2D eigenvalue weighted by molar-refractivity contribution is 1.34. The predicted octanol–water partition coefficient (Wildman–Crippen LogP) is 2.61. The zero-order chi connectivity index (χ0) is 11.1. The number of H-pyrrole nitrogens is 1. The Bertz CT molecular complexity index is 792. The monoisotopic (exact) mass is 226 g/mol. The molecule has 4 heteroatoms. The topological polar surface area (TPSA) is 56.6 Å². The number of rotatable bonds is 0. The van der Waals surface area contributed by atoms with Crippen LogP contribution in [0.25, 0.3) is 21.0 Å². The van der Waals surface area contributed by atoms with E-state index in [9.17, 15) is 4.79 Å². The van der Waals surface area contributed by atoms with E-state index >= 15 is 0 Å². The molecule has 3 rings (SSSR count). The summed E-state index contributed by atoms with van der Waals surface area (Å²) in [5.74, 6) is 0. The van der Waals surface area contributed by atoms with Crippen molar-refractivity contribution in [2.75, 3.05) is 0 Å². The van der Waals surface area contributed by atoms with Crippen LogP contribution in [-0.4, -0.2) is 4.98 Å². The van der Waals surface area contributed by atoms with Crippen molar-refractivity contribution in [2.24, 2.45) is 0 Å². The first-order chi connectivity index (χ1) is 7.79. The van der Waals surface area contributed by atoms with E-state index in [1.54, 1.807) is 23.5 Å². The maximum atomic E-state index is 11.7. The molecule has 0 bridgehead atoms. The summed E-state index contributed by atoms with van der Waals surface area (Å²) in [6.45, 7) is 0. The Hall–Kier alpha value is -2.12. The van der Waals surface area contributed by atoms with Gasteiger partial charge >= 0.3 is 0 Å². The molecule has 0 unspecified atom stereocenters. The fourth-order valence-corrected chi connectivity index (χ4v) is 2.73. The van der Waals surface area contributed by atoms with Crippen molar-refractivity contribution in [1.82, 2.24) is 4.98 Å². The molecule has 76 valence electrons. The standard InChI is InChI=1S/C12H6N2OS/c13-6-7-1-2-8-10(5-7)14-12(15)9-3-4-16-11(8)9/h1-5H,(H,14,15). The van der Waals surface area contributed by atoms with Crippen molar-refractivity contribution >= 4 is 32.3 Å². The van der Waals surface area contributed by atoms with Gasteiger partial charge in [0, 0.05) is 10.1 Å². The maximum Gasteiger partial charge on any atom is 0.257 e. The molecule has 3 aromatic rings. The average molecular weight is 226 g/mol. The highest BCUT2D eigenvalue weighted by Crippen LogP contribution is 2.26. The summed E-state index contributed by atoms with van der Waals surface area (Å²) in [6.07, 6.45) is 0. The minimum absolute atomic E-state index is 0.0983. The number of fused-ring (bicyclic) bond motifs is 3. The van der Waals surface area contributed by atoms with Crippen LogP contribution < -0.4 is 5.56 Å². The number of hydrogen-bond acceptors (Lipinski definition) is 3. The van der Waals surface area contributed by atoms with Crippen LogP contribution in [0.3, 0.4) is 0 Å². The quantitative estimate of drug-likeness (QED) is 0.640. The number of benzene rings is 1. The van der Waals surface area contributed by atoms with E-state index in [1.165, 1.54) is 0 Å². The lowest BCUT2D eigenvalue weighted by atomic mass is 10.1. The van der Waals surface area contributed by atoms with Crippen LogP contribution in [0.2, 0.25) is 0 Å². The second-order valence-corrected chi connectivity index (χ2v) is 4.41. The SMILES string of the molecule is N#Cc1ccc2c(c1)[nH]c(=O)c1ccsc12. The van der Waals surface area contributed by atoms with Crippen molar-refractivity contribution in [1.29, 1.82) is 5.26 Å². The molecule has 0 atom stereocenters. The highest BCUT2D eigenvalue weighted by molar-refractivity contribution is 7.18. The van der Waals surface area contributed by atoms with Gasteiger partial charge in [-0.1, -0.05) is 6.07 Å². The zero-order valence-corrected chi connectivity index (χ0v) is 8.97. The molecule has 0 spiro atoms. The number of hydrogen-bond donors (Lipinski definition) is 1. The molecule has 0 aliphatic heterocycles. The van der Waals surface area contributed by atoms with Crippen molar-refractivity contribution in [3.8, 4) is 6.07 Å². The Morgan fingerprint density at radius 3 is 2.94 bits per heavy atom. The molecule has 0 amide bonds. The smallest absolute Gasteiger partial charge is 0.257 e. The summed E-state index contributed by atoms with van der Waals surface area (Å²) in [6, 6.07) is 9.22. The molecule has 16 heavy (non-hydrogen) atoms. The van der Waals surface area contributed by atoms with Crippen LogP contribution in [0, 0.1) is 11.3 Å². The number of aromatic amines is 1. The van der Waals surface area contributed by atoms with Crippen LogP contribution >= 0.6 is 11.3 Å². The fraction of sp³-hybridized carbons (Fsp3) is 0. The van der Waals surface area contributed by atoms with Gasteiger partial charge in [0.2, 0.25) is 0 Å². The van der Waals surface area contributed by atoms with Crippen molar-refractivity contribution < 1.29 is 0 Å². The van der Waals surface area contributed by atoms with E-state index in [0.29, 0.717) is 10.9 Å². The fourth-order valence-electron chi connectivity index (χ4n) is 1.80. The van der Waals surface area contributed by atoms with Crippen LogP contribution in [0.15, 0.2) is 34.4 Å². The molecule has 1 N–H and O–H groups in total. The van der Waals surface area contributed by atoms with Crippen LogP contribution in [0.1, 0.15) is 5.56 Å². The normalized spacial score (nSPS) is 10.7. The van der Waals surface area contributed by atoms with E-state index in [2.05, 4.69) is 11.1 Å². The molecule has 1 aromatic carbocycles. The van der Waals surface area contributed by atoms with Gasteiger partial charge in [-0.25, -0.2) is 0 Å². The van der Waals surface area contributed by atoms with Gasteiger partial charge in [0.1, 0.15) is 0 Å². The molecule has 0 saturated heterocycles. The third-order valence-electron chi connectivity index (χ3n) is 2.55. The maximum absolute atomic E-state index is 11.7. The third kappa shape index (κ3) is 1.16. The summed E-state index contributed by atoms with van der Waals surface area (Å²) in [5, 5.41) is 12.4. The van der Waals surface area contributed by atoms with Gasteiger partial charge in [0.05, 0.1) is 22.5 Å². The van der Waals surface area contributed by atoms with Crippen LogP contribution in [0.5, 0.6) is 0 Å². The number of nitrogens with zero attached hydrogens (tertiary/aromatic N) is 1. The first-order valence-electron chi connectivity index (χ1n) is 4.73. The second-order valence-electron chi connectivity index (χ2n) is 3.49. The first kappa shape index (κ1) is 9.13. The molecule has 0 aliphatic carbocycles. The molecule has 2 heterocycles. The molecule has 0 aliphatic rings. The lowest BCUT2D eigenvalue weighted by Crippen LogP contribution is -2.04. The van der Waals surface area contributed by atoms with E-state index in [0.717, 1.165) is 15.6 Å². The molecule has 0 fully saturated rings. The summed E-state index contributed by atoms with van der Waals surface area (Å²) in [5.41, 5.74) is 1.18. The Labute approximate surface area is 94.6 Å². The second kappa shape index (κ2) is 3.19. The number of aromatic nitrogens is 1. The van der Waals surface area contributed by atoms with Crippen molar-refractivity contribution in [3.63, 3.8) is 0 Å². The molecule has 0 radical (unpaired) electrons. The molecule has 0 saturated carbocycles. The van der Waals surface area contributed by atoms with E-state index in [4.69, 9.17) is 5.26 Å². The minimum atomic E-state index is -0.0983. The number of nitriles is 1. The Morgan fingerprint density at radius 1 is 1.25 bits per heavy atom. The summed E-state index contributed by atoms with van der Waals surface area (Å²) >= 11 is 1.54. The Kier molecular flexibility index (Phi) is 1.82. The Morgan fingerprint density at radius 2 is 2.12 bits per heavy atom. The van der Waals surface area contributed by atoms with Crippen molar-refractivity contribution in [3.05, 3.63) is 45.6 Å². The molecule has 2 aromatic heterocycles. The van der Waals surface area contributed by atoms with E-state index in [-0.39, 0.29) is 5.56 Å². The summed E-state index contributed by atoms with van der Waals surface area (Å²) < 4.78 is 0.975. The van der Waals surface area contributed by atoms with Crippen molar-refractivity contribution in [2.45, 2.75) is 0 Å². The van der Waals surface area contributed by atoms with Gasteiger partial charge in [0.15, 0.2) is 0 Å². The average Bonchev–Trinajstić information content (AvgIpc) is 2.78. The largest absolute Gasteiger partial charge is 0.321 e. The van der Waals surface area contributed by atoms with Crippen LogP contribution in [0.4, 0.5) is 0 Å². The highest BCUT2D eigenvalue weighted by Gasteiger charge is 2.06. The van der Waals surface area contributed by atoms with Gasteiger partial charge in [-0.3, -0.25) is 4.79 Å². The number of nitrogens with one attached hydrogen (secondary N) is 1. The van der Waals surface area contributed by atoms with Gasteiger partial charge in [0.25, 0.3) is 5.56 Å². The first-order valence-corrected chi connectivity index (χ1v) is 5.61. The highest BCUT2D eigenvalue weighted by atomic mass is 32.1. The van der Waals surface area contributed by atoms with Crippen LogP contribution in [-0.2, 0) is 0 Å². The predicted molar refractivity (Wildman–Crippen MR) is 64.7 cm³/mol. The molecule has 3 nitrogen and oxygen atoms in total. The van der Waals surface area contributed by atoms with Gasteiger partial charge < -0.3 is 4.98 Å². The van der Waals surface area contributed by atoms with Gasteiger partial charge in [-0.2, -0.15) is 5.26 Å². The zero-order valence-electron chi connectivity index (χ0n) is 8.15. The third-order valence-corrected chi connectivity index (χ3v) is 3.50. The Balaban J connectivity index is 2.59. The lowest BCUT2D eigenvalue weighted by Gasteiger charge is -1.99. The van der Waals surface area contributed by atoms with E-state index in [1.807, 2.05) is 17.5 Å².